The first-order valence-corrected chi connectivity index (χ1v) is 11.0. The molecule has 4 heterocycles. The summed E-state index contributed by atoms with van der Waals surface area (Å²) in [6, 6.07) is 8.38. The third kappa shape index (κ3) is 3.52. The van der Waals surface area contributed by atoms with Gasteiger partial charge in [-0.05, 0) is 56.8 Å². The Balaban J connectivity index is 1.21. The molecule has 3 aliphatic heterocycles. The SMILES string of the molecule is O=C(NC[C@H]1CCCN2CCCC[C@@H]12)[C@@H]1CC(=O)N(c2n[nH]c3ccccc23)C1. The van der Waals surface area contributed by atoms with Crippen molar-refractivity contribution in [3.63, 3.8) is 0 Å². The Kier molecular flexibility index (Phi) is 4.99. The Morgan fingerprint density at radius 1 is 1.17 bits per heavy atom. The lowest BCUT2D eigenvalue weighted by atomic mass is 9.83. The molecule has 7 heteroatoms. The average molecular weight is 396 g/mol. The van der Waals surface area contributed by atoms with E-state index >= 15 is 0 Å². The first-order valence-electron chi connectivity index (χ1n) is 11.0. The van der Waals surface area contributed by atoms with Gasteiger partial charge in [0, 0.05) is 30.9 Å². The van der Waals surface area contributed by atoms with Crippen molar-refractivity contribution in [1.82, 2.24) is 20.4 Å². The van der Waals surface area contributed by atoms with Crippen LogP contribution in [0, 0.1) is 11.8 Å². The van der Waals surface area contributed by atoms with Crippen molar-refractivity contribution in [2.24, 2.45) is 11.8 Å². The number of para-hydroxylation sites is 1. The van der Waals surface area contributed by atoms with E-state index in [0.717, 1.165) is 17.4 Å². The van der Waals surface area contributed by atoms with Crippen molar-refractivity contribution >= 4 is 28.5 Å². The molecule has 0 saturated carbocycles. The molecule has 0 spiro atoms. The quantitative estimate of drug-likeness (QED) is 0.832. The molecule has 3 fully saturated rings. The second kappa shape index (κ2) is 7.78. The maximum atomic E-state index is 12.8. The molecule has 3 atom stereocenters. The van der Waals surface area contributed by atoms with Crippen LogP contribution in [-0.2, 0) is 9.59 Å². The molecule has 0 bridgehead atoms. The lowest BCUT2D eigenvalue weighted by Gasteiger charge is -2.44. The van der Waals surface area contributed by atoms with Crippen molar-refractivity contribution in [3.05, 3.63) is 24.3 Å². The number of carbonyl (C=O) groups excluding carboxylic acids is 2. The number of benzene rings is 1. The molecular formula is C22H29N5O2. The normalized spacial score (nSPS) is 27.9. The first-order chi connectivity index (χ1) is 14.2. The van der Waals surface area contributed by atoms with Crippen molar-refractivity contribution in [1.29, 1.82) is 0 Å². The van der Waals surface area contributed by atoms with Crippen LogP contribution in [0.25, 0.3) is 10.9 Å². The predicted octanol–water partition coefficient (Wildman–Crippen LogP) is 2.30. The van der Waals surface area contributed by atoms with E-state index in [9.17, 15) is 9.59 Å². The van der Waals surface area contributed by atoms with Gasteiger partial charge in [0.05, 0.1) is 11.4 Å². The van der Waals surface area contributed by atoms with E-state index in [1.54, 1.807) is 4.90 Å². The number of rotatable bonds is 4. The first kappa shape index (κ1) is 18.6. The Labute approximate surface area is 170 Å². The average Bonchev–Trinajstić information content (AvgIpc) is 3.35. The lowest BCUT2D eigenvalue weighted by molar-refractivity contribution is -0.126. The number of amides is 2. The fourth-order valence-electron chi connectivity index (χ4n) is 5.43. The summed E-state index contributed by atoms with van der Waals surface area (Å²) >= 11 is 0. The molecule has 2 N–H and O–H groups in total. The summed E-state index contributed by atoms with van der Waals surface area (Å²) in [5.74, 6) is 0.846. The smallest absolute Gasteiger partial charge is 0.229 e. The van der Waals surface area contributed by atoms with Gasteiger partial charge in [-0.3, -0.25) is 19.6 Å². The second-order valence-corrected chi connectivity index (χ2v) is 8.74. The number of H-pyrrole nitrogens is 1. The highest BCUT2D eigenvalue weighted by Crippen LogP contribution is 2.32. The number of aromatic amines is 1. The molecule has 2 aromatic rings. The maximum Gasteiger partial charge on any atom is 0.229 e. The van der Waals surface area contributed by atoms with Gasteiger partial charge in [0.25, 0.3) is 0 Å². The van der Waals surface area contributed by atoms with Crippen LogP contribution in [0.5, 0.6) is 0 Å². The largest absolute Gasteiger partial charge is 0.355 e. The summed E-state index contributed by atoms with van der Waals surface area (Å²) in [7, 11) is 0. The molecule has 5 rings (SSSR count). The minimum absolute atomic E-state index is 0.00799. The summed E-state index contributed by atoms with van der Waals surface area (Å²) in [5, 5.41) is 11.4. The molecule has 0 radical (unpaired) electrons. The predicted molar refractivity (Wildman–Crippen MR) is 111 cm³/mol. The maximum absolute atomic E-state index is 12.8. The van der Waals surface area contributed by atoms with Gasteiger partial charge in [0.15, 0.2) is 5.82 Å². The van der Waals surface area contributed by atoms with Crippen molar-refractivity contribution in [2.45, 2.75) is 44.6 Å². The Hall–Kier alpha value is -2.41. The van der Waals surface area contributed by atoms with Crippen LogP contribution in [0.3, 0.4) is 0 Å². The standard InChI is InChI=1S/C22H29N5O2/c28-20-12-16(14-27(20)21-17-7-1-2-8-18(17)24-25-21)22(29)23-13-15-6-5-11-26-10-4-3-9-19(15)26/h1-2,7-8,15-16,19H,3-6,9-14H2,(H,23,29)(H,24,25)/t15-,16-,19+/m1/s1. The van der Waals surface area contributed by atoms with E-state index in [0.29, 0.717) is 24.3 Å². The Morgan fingerprint density at radius 3 is 2.97 bits per heavy atom. The second-order valence-electron chi connectivity index (χ2n) is 8.74. The third-order valence-corrected chi connectivity index (χ3v) is 6.97. The Bertz CT molecular complexity index is 907. The van der Waals surface area contributed by atoms with Crippen LogP contribution < -0.4 is 10.2 Å². The Morgan fingerprint density at radius 2 is 2.03 bits per heavy atom. The summed E-state index contributed by atoms with van der Waals surface area (Å²) in [5.41, 5.74) is 0.900. The fourth-order valence-corrected chi connectivity index (χ4v) is 5.43. The van der Waals surface area contributed by atoms with Gasteiger partial charge in [0.1, 0.15) is 0 Å². The minimum Gasteiger partial charge on any atom is -0.355 e. The molecule has 0 aliphatic carbocycles. The zero-order valence-corrected chi connectivity index (χ0v) is 16.8. The van der Waals surface area contributed by atoms with E-state index in [1.807, 2.05) is 24.3 Å². The minimum atomic E-state index is -0.302. The highest BCUT2D eigenvalue weighted by atomic mass is 16.2. The molecule has 1 aromatic heterocycles. The fraction of sp³-hybridized carbons (Fsp3) is 0.591. The molecule has 0 unspecified atom stereocenters. The van der Waals surface area contributed by atoms with Crippen molar-refractivity contribution < 1.29 is 9.59 Å². The number of aromatic nitrogens is 2. The van der Waals surface area contributed by atoms with Gasteiger partial charge in [-0.25, -0.2) is 0 Å². The highest BCUT2D eigenvalue weighted by Gasteiger charge is 2.38. The number of nitrogens with one attached hydrogen (secondary N) is 2. The zero-order valence-electron chi connectivity index (χ0n) is 16.8. The topological polar surface area (TPSA) is 81.3 Å². The van der Waals surface area contributed by atoms with Gasteiger partial charge in [-0.2, -0.15) is 5.10 Å². The lowest BCUT2D eigenvalue weighted by Crippen LogP contribution is -2.51. The number of anilines is 1. The third-order valence-electron chi connectivity index (χ3n) is 6.97. The number of hydrogen-bond acceptors (Lipinski definition) is 4. The molecule has 29 heavy (non-hydrogen) atoms. The van der Waals surface area contributed by atoms with E-state index in [1.165, 1.54) is 45.2 Å². The van der Waals surface area contributed by atoms with E-state index in [-0.39, 0.29) is 24.2 Å². The molecule has 3 saturated heterocycles. The monoisotopic (exact) mass is 395 g/mol. The number of nitrogens with zero attached hydrogens (tertiary/aromatic N) is 3. The van der Waals surface area contributed by atoms with Crippen molar-refractivity contribution in [2.75, 3.05) is 31.1 Å². The number of carbonyl (C=O) groups is 2. The van der Waals surface area contributed by atoms with Gasteiger partial charge >= 0.3 is 0 Å². The van der Waals surface area contributed by atoms with Crippen LogP contribution in [0.15, 0.2) is 24.3 Å². The van der Waals surface area contributed by atoms with Crippen LogP contribution in [0.2, 0.25) is 0 Å². The summed E-state index contributed by atoms with van der Waals surface area (Å²) in [6.07, 6.45) is 6.53. The molecular weight excluding hydrogens is 366 g/mol. The van der Waals surface area contributed by atoms with Crippen molar-refractivity contribution in [3.8, 4) is 0 Å². The van der Waals surface area contributed by atoms with Gasteiger partial charge in [-0.15, -0.1) is 0 Å². The number of fused-ring (bicyclic) bond motifs is 2. The summed E-state index contributed by atoms with van der Waals surface area (Å²) < 4.78 is 0. The molecule has 154 valence electrons. The van der Waals surface area contributed by atoms with Crippen LogP contribution >= 0.6 is 0 Å². The molecule has 2 amide bonds. The van der Waals surface area contributed by atoms with E-state index in [2.05, 4.69) is 20.4 Å². The summed E-state index contributed by atoms with van der Waals surface area (Å²) in [6.45, 7) is 3.55. The van der Waals surface area contributed by atoms with Gasteiger partial charge in [-0.1, -0.05) is 18.6 Å². The molecule has 3 aliphatic rings. The summed E-state index contributed by atoms with van der Waals surface area (Å²) in [4.78, 5) is 29.7. The van der Waals surface area contributed by atoms with E-state index < -0.39 is 0 Å². The number of piperidine rings is 2. The van der Waals surface area contributed by atoms with Crippen LogP contribution in [0.4, 0.5) is 5.82 Å². The van der Waals surface area contributed by atoms with Crippen LogP contribution in [-0.4, -0.2) is 59.1 Å². The van der Waals surface area contributed by atoms with Crippen LogP contribution in [0.1, 0.15) is 38.5 Å². The van der Waals surface area contributed by atoms with Gasteiger partial charge < -0.3 is 10.2 Å². The molecule has 7 nitrogen and oxygen atoms in total. The molecule has 1 aromatic carbocycles. The highest BCUT2D eigenvalue weighted by molar-refractivity contribution is 6.05. The zero-order chi connectivity index (χ0) is 19.8. The van der Waals surface area contributed by atoms with Gasteiger partial charge in [0.2, 0.25) is 11.8 Å². The number of hydrogen-bond donors (Lipinski definition) is 2. The van der Waals surface area contributed by atoms with E-state index in [4.69, 9.17) is 0 Å².